The van der Waals surface area contributed by atoms with Crippen LogP contribution in [-0.2, 0) is 11.3 Å². The van der Waals surface area contributed by atoms with Crippen LogP contribution in [0.2, 0.25) is 0 Å². The van der Waals surface area contributed by atoms with E-state index in [1.165, 1.54) is 0 Å². The predicted octanol–water partition coefficient (Wildman–Crippen LogP) is 3.36. The second-order valence-electron chi connectivity index (χ2n) is 7.26. The van der Waals surface area contributed by atoms with Crippen molar-refractivity contribution in [1.29, 1.82) is 0 Å². The molecule has 1 aromatic heterocycles. The van der Waals surface area contributed by atoms with Crippen LogP contribution in [0.4, 0.5) is 0 Å². The normalized spacial score (nSPS) is 16.1. The van der Waals surface area contributed by atoms with E-state index >= 15 is 0 Å². The van der Waals surface area contributed by atoms with Crippen molar-refractivity contribution < 1.29 is 14.3 Å². The van der Waals surface area contributed by atoms with Gasteiger partial charge in [-0.05, 0) is 54.6 Å². The number of ether oxygens (including phenoxy) is 2. The highest BCUT2D eigenvalue weighted by molar-refractivity contribution is 5.94. The van der Waals surface area contributed by atoms with Gasteiger partial charge in [-0.15, -0.1) is 0 Å². The molecule has 1 atom stereocenters. The molecule has 1 saturated heterocycles. The van der Waals surface area contributed by atoms with E-state index < -0.39 is 0 Å². The molecular weight excluding hydrogens is 368 g/mol. The number of amides is 1. The molecule has 0 saturated carbocycles. The minimum atomic E-state index is -0.177. The Morgan fingerprint density at radius 3 is 2.72 bits per heavy atom. The van der Waals surface area contributed by atoms with Crippen molar-refractivity contribution in [2.75, 3.05) is 20.3 Å². The van der Waals surface area contributed by atoms with Gasteiger partial charge in [-0.2, -0.15) is 0 Å². The third-order valence-corrected chi connectivity index (χ3v) is 5.26. The molecular formula is C23H24N2O4. The van der Waals surface area contributed by atoms with Gasteiger partial charge in [0.25, 0.3) is 11.5 Å². The molecule has 1 unspecified atom stereocenters. The second kappa shape index (κ2) is 8.49. The van der Waals surface area contributed by atoms with E-state index in [4.69, 9.17) is 9.47 Å². The zero-order chi connectivity index (χ0) is 20.2. The fourth-order valence-electron chi connectivity index (χ4n) is 3.69. The standard InChI is InChI=1S/C23H24N2O4/c1-28-19-10-8-16(9-11-19)23(27)25(15-20-6-4-12-29-20)14-18-13-17-5-2-3-7-21(17)24-22(18)26/h2-3,5,7-11,13,20H,4,6,12,14-15H2,1H3,(H,24,26). The smallest absolute Gasteiger partial charge is 0.254 e. The van der Waals surface area contributed by atoms with Gasteiger partial charge in [0.05, 0.1) is 19.8 Å². The molecule has 3 aromatic rings. The molecule has 1 fully saturated rings. The van der Waals surface area contributed by atoms with Crippen molar-refractivity contribution in [3.05, 3.63) is 76.1 Å². The SMILES string of the molecule is COc1ccc(C(=O)N(Cc2cc3ccccc3[nH]c2=O)CC2CCCO2)cc1. The summed E-state index contributed by atoms with van der Waals surface area (Å²) >= 11 is 0. The van der Waals surface area contributed by atoms with Crippen molar-refractivity contribution >= 4 is 16.8 Å². The van der Waals surface area contributed by atoms with Crippen molar-refractivity contribution in [1.82, 2.24) is 9.88 Å². The first-order valence-corrected chi connectivity index (χ1v) is 9.80. The van der Waals surface area contributed by atoms with Gasteiger partial charge in [0.2, 0.25) is 0 Å². The molecule has 2 heterocycles. The summed E-state index contributed by atoms with van der Waals surface area (Å²) < 4.78 is 10.9. The summed E-state index contributed by atoms with van der Waals surface area (Å²) in [5, 5.41) is 0.941. The van der Waals surface area contributed by atoms with Gasteiger partial charge in [0.1, 0.15) is 5.75 Å². The topological polar surface area (TPSA) is 71.6 Å². The van der Waals surface area contributed by atoms with E-state index in [0.717, 1.165) is 23.7 Å². The van der Waals surface area contributed by atoms with Crippen LogP contribution in [0.25, 0.3) is 10.9 Å². The lowest BCUT2D eigenvalue weighted by molar-refractivity contribution is 0.0506. The maximum Gasteiger partial charge on any atom is 0.254 e. The molecule has 29 heavy (non-hydrogen) atoms. The van der Waals surface area contributed by atoms with Crippen LogP contribution in [0.3, 0.4) is 0 Å². The number of hydrogen-bond acceptors (Lipinski definition) is 4. The van der Waals surface area contributed by atoms with E-state index in [1.807, 2.05) is 30.3 Å². The third kappa shape index (κ3) is 4.32. The molecule has 0 aliphatic carbocycles. The van der Waals surface area contributed by atoms with Crippen LogP contribution in [0.15, 0.2) is 59.4 Å². The van der Waals surface area contributed by atoms with Crippen LogP contribution >= 0.6 is 0 Å². The number of para-hydroxylation sites is 1. The highest BCUT2D eigenvalue weighted by atomic mass is 16.5. The van der Waals surface area contributed by atoms with E-state index in [2.05, 4.69) is 4.98 Å². The molecule has 0 radical (unpaired) electrons. The number of carbonyl (C=O) groups excluding carboxylic acids is 1. The summed E-state index contributed by atoms with van der Waals surface area (Å²) in [5.41, 5.74) is 1.72. The van der Waals surface area contributed by atoms with Crippen LogP contribution in [0, 0.1) is 0 Å². The summed E-state index contributed by atoms with van der Waals surface area (Å²) in [4.78, 5) is 30.5. The average Bonchev–Trinajstić information content (AvgIpc) is 3.26. The maximum atomic E-state index is 13.2. The zero-order valence-corrected chi connectivity index (χ0v) is 16.4. The summed E-state index contributed by atoms with van der Waals surface area (Å²) in [6.45, 7) is 1.40. The lowest BCUT2D eigenvalue weighted by atomic mass is 10.1. The summed E-state index contributed by atoms with van der Waals surface area (Å²) in [6.07, 6.45) is 1.91. The largest absolute Gasteiger partial charge is 0.497 e. The van der Waals surface area contributed by atoms with Crippen molar-refractivity contribution in [3.63, 3.8) is 0 Å². The highest BCUT2D eigenvalue weighted by Gasteiger charge is 2.24. The van der Waals surface area contributed by atoms with Crippen molar-refractivity contribution in [2.45, 2.75) is 25.5 Å². The Morgan fingerprint density at radius 2 is 2.00 bits per heavy atom. The quantitative estimate of drug-likeness (QED) is 0.698. The number of nitrogens with zero attached hydrogens (tertiary/aromatic N) is 1. The monoisotopic (exact) mass is 392 g/mol. The summed E-state index contributed by atoms with van der Waals surface area (Å²) in [7, 11) is 1.59. The van der Waals surface area contributed by atoms with Crippen LogP contribution in [0.5, 0.6) is 5.75 Å². The lowest BCUT2D eigenvalue weighted by Crippen LogP contribution is -2.38. The van der Waals surface area contributed by atoms with E-state index in [9.17, 15) is 9.59 Å². The van der Waals surface area contributed by atoms with Gasteiger partial charge >= 0.3 is 0 Å². The lowest BCUT2D eigenvalue weighted by Gasteiger charge is -2.25. The van der Waals surface area contributed by atoms with E-state index in [0.29, 0.717) is 30.0 Å². The minimum absolute atomic E-state index is 0.00302. The molecule has 1 N–H and O–H groups in total. The highest BCUT2D eigenvalue weighted by Crippen LogP contribution is 2.19. The first-order chi connectivity index (χ1) is 14.1. The Bertz CT molecular complexity index is 1050. The number of benzene rings is 2. The number of fused-ring (bicyclic) bond motifs is 1. The van der Waals surface area contributed by atoms with Crippen LogP contribution < -0.4 is 10.3 Å². The molecule has 6 heteroatoms. The number of rotatable bonds is 6. The maximum absolute atomic E-state index is 13.2. The number of H-pyrrole nitrogens is 1. The van der Waals surface area contributed by atoms with Gasteiger partial charge in [-0.3, -0.25) is 9.59 Å². The number of carbonyl (C=O) groups is 1. The molecule has 1 amide bonds. The molecule has 0 spiro atoms. The molecule has 1 aliphatic rings. The van der Waals surface area contributed by atoms with E-state index in [-0.39, 0.29) is 24.1 Å². The Balaban J connectivity index is 1.63. The fourth-order valence-corrected chi connectivity index (χ4v) is 3.69. The fraction of sp³-hybridized carbons (Fsp3) is 0.304. The second-order valence-corrected chi connectivity index (χ2v) is 7.26. The number of methoxy groups -OCH3 is 1. The first-order valence-electron chi connectivity index (χ1n) is 9.80. The Labute approximate surface area is 169 Å². The number of hydrogen-bond donors (Lipinski definition) is 1. The number of aromatic amines is 1. The predicted molar refractivity (Wildman–Crippen MR) is 111 cm³/mol. The molecule has 150 valence electrons. The molecule has 1 aliphatic heterocycles. The number of nitrogens with one attached hydrogen (secondary N) is 1. The zero-order valence-electron chi connectivity index (χ0n) is 16.4. The van der Waals surface area contributed by atoms with Crippen molar-refractivity contribution in [2.24, 2.45) is 0 Å². The van der Waals surface area contributed by atoms with E-state index in [1.54, 1.807) is 36.3 Å². The molecule has 0 bridgehead atoms. The Hall–Kier alpha value is -3.12. The summed E-state index contributed by atoms with van der Waals surface area (Å²) in [6, 6.07) is 16.5. The first kappa shape index (κ1) is 19.2. The van der Waals surface area contributed by atoms with Crippen LogP contribution in [0.1, 0.15) is 28.8 Å². The van der Waals surface area contributed by atoms with Gasteiger partial charge in [0, 0.05) is 29.8 Å². The number of aromatic nitrogens is 1. The van der Waals surface area contributed by atoms with Crippen molar-refractivity contribution in [3.8, 4) is 5.75 Å². The summed E-state index contributed by atoms with van der Waals surface area (Å²) in [5.74, 6) is 0.564. The van der Waals surface area contributed by atoms with Crippen LogP contribution in [-0.4, -0.2) is 42.2 Å². The van der Waals surface area contributed by atoms with Gasteiger partial charge in [0.15, 0.2) is 0 Å². The Kier molecular flexibility index (Phi) is 5.62. The van der Waals surface area contributed by atoms with Gasteiger partial charge < -0.3 is 19.4 Å². The molecule has 2 aromatic carbocycles. The third-order valence-electron chi connectivity index (χ3n) is 5.26. The van der Waals surface area contributed by atoms with Gasteiger partial charge in [-0.1, -0.05) is 18.2 Å². The molecule has 4 rings (SSSR count). The Morgan fingerprint density at radius 1 is 1.21 bits per heavy atom. The average molecular weight is 392 g/mol. The van der Waals surface area contributed by atoms with Gasteiger partial charge in [-0.25, -0.2) is 0 Å². The molecule has 6 nitrogen and oxygen atoms in total. The number of pyridine rings is 1. The minimum Gasteiger partial charge on any atom is -0.497 e.